The number of para-hydroxylation sites is 1. The van der Waals surface area contributed by atoms with Gasteiger partial charge in [-0.3, -0.25) is 14.4 Å². The number of H-pyrrole nitrogens is 1. The molecule has 0 saturated heterocycles. The third kappa shape index (κ3) is 9.84. The fourth-order valence-corrected chi connectivity index (χ4v) is 4.54. The largest absolute Gasteiger partial charge is 0.480 e. The highest BCUT2D eigenvalue weighted by atomic mass is 32.2. The second-order valence-corrected chi connectivity index (χ2v) is 10.4. The number of carbonyl (C=O) groups excluding carboxylic acids is 3. The molecular formula is C26H40N6O6S. The predicted octanol–water partition coefficient (Wildman–Crippen LogP) is -0.160. The van der Waals surface area contributed by atoms with Crippen LogP contribution in [0.5, 0.6) is 0 Å². The smallest absolute Gasteiger partial charge is 0.328 e. The molecule has 0 radical (unpaired) electrons. The number of hydrogen-bond acceptors (Lipinski definition) is 8. The van der Waals surface area contributed by atoms with Crippen LogP contribution < -0.4 is 27.4 Å². The Hall–Kier alpha value is -3.13. The second kappa shape index (κ2) is 16.1. The molecule has 5 atom stereocenters. The number of thioether (sulfide) groups is 1. The van der Waals surface area contributed by atoms with E-state index in [9.17, 15) is 29.4 Å². The molecule has 39 heavy (non-hydrogen) atoms. The number of nitrogens with one attached hydrogen (secondary N) is 4. The summed E-state index contributed by atoms with van der Waals surface area (Å²) < 4.78 is 0. The lowest BCUT2D eigenvalue weighted by atomic mass is 10.0. The number of rotatable bonds is 17. The lowest BCUT2D eigenvalue weighted by Gasteiger charge is -2.26. The van der Waals surface area contributed by atoms with Gasteiger partial charge in [0.25, 0.3) is 0 Å². The first-order valence-corrected chi connectivity index (χ1v) is 14.3. The lowest BCUT2D eigenvalue weighted by molar-refractivity contribution is -0.145. The zero-order valence-electron chi connectivity index (χ0n) is 22.3. The average molecular weight is 565 g/mol. The van der Waals surface area contributed by atoms with Gasteiger partial charge in [-0.05, 0) is 56.4 Å². The summed E-state index contributed by atoms with van der Waals surface area (Å²) in [6, 6.07) is 2.89. The molecule has 1 heterocycles. The van der Waals surface area contributed by atoms with Gasteiger partial charge < -0.3 is 42.6 Å². The highest BCUT2D eigenvalue weighted by Crippen LogP contribution is 2.19. The van der Waals surface area contributed by atoms with Crippen LogP contribution in [-0.4, -0.2) is 87.7 Å². The number of carboxylic acids is 1. The van der Waals surface area contributed by atoms with Crippen LogP contribution in [0.25, 0.3) is 10.9 Å². The number of amides is 3. The molecule has 10 N–H and O–H groups in total. The number of fused-ring (bicyclic) bond motifs is 1. The van der Waals surface area contributed by atoms with Crippen molar-refractivity contribution in [3.8, 4) is 0 Å². The zero-order chi connectivity index (χ0) is 28.9. The molecule has 3 amide bonds. The molecule has 13 heteroatoms. The van der Waals surface area contributed by atoms with E-state index in [4.69, 9.17) is 11.5 Å². The SMILES string of the molecule is CSCCC(NC(=O)C(N)CCCCN)C(=O)NC(Cc1c[nH]c2ccccc12)C(=O)NC(C(=O)O)C(C)O. The molecule has 0 aliphatic heterocycles. The number of aliphatic hydroxyl groups excluding tert-OH is 1. The number of aliphatic carboxylic acids is 1. The third-order valence-electron chi connectivity index (χ3n) is 6.33. The summed E-state index contributed by atoms with van der Waals surface area (Å²) >= 11 is 1.49. The summed E-state index contributed by atoms with van der Waals surface area (Å²) in [5.74, 6) is -2.72. The molecule has 0 saturated carbocycles. The van der Waals surface area contributed by atoms with Crippen molar-refractivity contribution in [2.75, 3.05) is 18.6 Å². The van der Waals surface area contributed by atoms with Gasteiger partial charge in [-0.25, -0.2) is 4.79 Å². The first kappa shape index (κ1) is 32.1. The van der Waals surface area contributed by atoms with Gasteiger partial charge in [0.2, 0.25) is 17.7 Å². The van der Waals surface area contributed by atoms with Gasteiger partial charge >= 0.3 is 5.97 Å². The fraction of sp³-hybridized carbons (Fsp3) is 0.538. The maximum Gasteiger partial charge on any atom is 0.328 e. The first-order chi connectivity index (χ1) is 18.6. The molecule has 0 aliphatic carbocycles. The topological polar surface area (TPSA) is 213 Å². The lowest BCUT2D eigenvalue weighted by Crippen LogP contribution is -2.58. The van der Waals surface area contributed by atoms with Crippen molar-refractivity contribution in [2.24, 2.45) is 11.5 Å². The summed E-state index contributed by atoms with van der Waals surface area (Å²) in [5, 5.41) is 27.8. The van der Waals surface area contributed by atoms with Gasteiger partial charge in [0.15, 0.2) is 6.04 Å². The van der Waals surface area contributed by atoms with E-state index in [0.717, 1.165) is 22.9 Å². The van der Waals surface area contributed by atoms with Crippen LogP contribution in [0.2, 0.25) is 0 Å². The first-order valence-electron chi connectivity index (χ1n) is 12.9. The molecule has 2 aromatic rings. The Balaban J connectivity index is 2.26. The number of aromatic nitrogens is 1. The fourth-order valence-electron chi connectivity index (χ4n) is 4.07. The predicted molar refractivity (Wildman–Crippen MR) is 151 cm³/mol. The highest BCUT2D eigenvalue weighted by Gasteiger charge is 2.32. The highest BCUT2D eigenvalue weighted by molar-refractivity contribution is 7.98. The van der Waals surface area contributed by atoms with E-state index in [1.54, 1.807) is 6.20 Å². The normalized spacial score (nSPS) is 15.1. The molecule has 0 spiro atoms. The van der Waals surface area contributed by atoms with E-state index in [0.29, 0.717) is 31.6 Å². The third-order valence-corrected chi connectivity index (χ3v) is 6.97. The van der Waals surface area contributed by atoms with E-state index in [1.165, 1.54) is 18.7 Å². The summed E-state index contributed by atoms with van der Waals surface area (Å²) in [6.45, 7) is 1.74. The van der Waals surface area contributed by atoms with Crippen LogP contribution in [0.4, 0.5) is 0 Å². The monoisotopic (exact) mass is 564 g/mol. The van der Waals surface area contributed by atoms with Gasteiger partial charge in [0, 0.05) is 23.5 Å². The van der Waals surface area contributed by atoms with Crippen LogP contribution in [0.15, 0.2) is 30.5 Å². The molecule has 0 bridgehead atoms. The Morgan fingerprint density at radius 3 is 2.31 bits per heavy atom. The minimum absolute atomic E-state index is 0.0372. The molecule has 5 unspecified atom stereocenters. The molecular weight excluding hydrogens is 524 g/mol. The number of unbranched alkanes of at least 4 members (excludes halogenated alkanes) is 1. The van der Waals surface area contributed by atoms with E-state index < -0.39 is 54.0 Å². The second-order valence-electron chi connectivity index (χ2n) is 9.42. The van der Waals surface area contributed by atoms with Gasteiger partial charge in [-0.1, -0.05) is 24.6 Å². The van der Waals surface area contributed by atoms with E-state index in [-0.39, 0.29) is 6.42 Å². The molecule has 0 aliphatic rings. The van der Waals surface area contributed by atoms with Crippen molar-refractivity contribution in [1.82, 2.24) is 20.9 Å². The summed E-state index contributed by atoms with van der Waals surface area (Å²) in [5.41, 5.74) is 13.1. The standard InChI is InChI=1S/C26H40N6O6S/c1-15(33)22(26(37)38)32-25(36)21(13-16-14-29-19-9-4-3-7-17(16)19)31-24(35)20(10-12-39-2)30-23(34)18(28)8-5-6-11-27/h3-4,7,9,14-15,18,20-22,29,33H,5-6,8,10-13,27-28H2,1-2H3,(H,30,34)(H,31,35)(H,32,36)(H,37,38). The van der Waals surface area contributed by atoms with Crippen LogP contribution in [-0.2, 0) is 25.6 Å². The van der Waals surface area contributed by atoms with Crippen molar-refractivity contribution in [2.45, 2.75) is 69.3 Å². The van der Waals surface area contributed by atoms with E-state index >= 15 is 0 Å². The maximum absolute atomic E-state index is 13.4. The molecule has 1 aromatic carbocycles. The van der Waals surface area contributed by atoms with Crippen LogP contribution in [0.1, 0.15) is 38.2 Å². The number of aliphatic hydroxyl groups is 1. The van der Waals surface area contributed by atoms with E-state index in [2.05, 4.69) is 20.9 Å². The van der Waals surface area contributed by atoms with Gasteiger partial charge in [0.05, 0.1) is 12.1 Å². The molecule has 12 nitrogen and oxygen atoms in total. The van der Waals surface area contributed by atoms with Gasteiger partial charge in [-0.2, -0.15) is 11.8 Å². The van der Waals surface area contributed by atoms with Crippen molar-refractivity contribution >= 4 is 46.4 Å². The number of aromatic amines is 1. The Labute approximate surface area is 232 Å². The Morgan fingerprint density at radius 2 is 1.67 bits per heavy atom. The Bertz CT molecular complexity index is 1110. The molecule has 2 rings (SSSR count). The van der Waals surface area contributed by atoms with Crippen molar-refractivity contribution in [3.63, 3.8) is 0 Å². The van der Waals surface area contributed by atoms with Crippen molar-refractivity contribution < 1.29 is 29.4 Å². The number of benzene rings is 1. The minimum atomic E-state index is -1.57. The summed E-state index contributed by atoms with van der Waals surface area (Å²) in [6.07, 6.45) is 4.36. The number of hydrogen-bond donors (Lipinski definition) is 8. The Morgan fingerprint density at radius 1 is 1.00 bits per heavy atom. The summed E-state index contributed by atoms with van der Waals surface area (Å²) in [4.78, 5) is 54.0. The molecule has 1 aromatic heterocycles. The van der Waals surface area contributed by atoms with Gasteiger partial charge in [0.1, 0.15) is 12.1 Å². The van der Waals surface area contributed by atoms with Gasteiger partial charge in [-0.15, -0.1) is 0 Å². The summed E-state index contributed by atoms with van der Waals surface area (Å²) in [7, 11) is 0. The van der Waals surface area contributed by atoms with Crippen molar-refractivity contribution in [1.29, 1.82) is 0 Å². The molecule has 216 valence electrons. The quantitative estimate of drug-likeness (QED) is 0.120. The van der Waals surface area contributed by atoms with Crippen LogP contribution in [0.3, 0.4) is 0 Å². The van der Waals surface area contributed by atoms with Crippen LogP contribution >= 0.6 is 11.8 Å². The molecule has 0 fully saturated rings. The number of carbonyl (C=O) groups is 4. The number of nitrogens with two attached hydrogens (primary N) is 2. The van der Waals surface area contributed by atoms with Crippen molar-refractivity contribution in [3.05, 3.63) is 36.0 Å². The van der Waals surface area contributed by atoms with Crippen LogP contribution in [0, 0.1) is 0 Å². The zero-order valence-corrected chi connectivity index (χ0v) is 23.1. The number of carboxylic acid groups (broad SMARTS) is 1. The maximum atomic E-state index is 13.4. The Kier molecular flexibility index (Phi) is 13.2. The minimum Gasteiger partial charge on any atom is -0.480 e. The van der Waals surface area contributed by atoms with E-state index in [1.807, 2.05) is 30.5 Å². The average Bonchev–Trinajstić information content (AvgIpc) is 3.31.